The van der Waals surface area contributed by atoms with Crippen LogP contribution < -0.4 is 14.8 Å². The van der Waals surface area contributed by atoms with E-state index in [-0.39, 0.29) is 0 Å². The molecule has 0 aromatic heterocycles. The van der Waals surface area contributed by atoms with E-state index in [1.807, 2.05) is 12.1 Å². The molecular weight excluding hydrogens is 250 g/mol. The van der Waals surface area contributed by atoms with Gasteiger partial charge in [-0.3, -0.25) is 0 Å². The molecule has 0 radical (unpaired) electrons. The minimum Gasteiger partial charge on any atom is -0.486 e. The Kier molecular flexibility index (Phi) is 3.50. The van der Waals surface area contributed by atoms with Crippen molar-refractivity contribution < 1.29 is 9.47 Å². The molecule has 2 aromatic carbocycles. The Hall–Kier alpha value is -2.16. The van der Waals surface area contributed by atoms with Crippen molar-refractivity contribution in [3.8, 4) is 11.5 Å². The van der Waals surface area contributed by atoms with E-state index in [0.29, 0.717) is 13.2 Å². The van der Waals surface area contributed by atoms with Gasteiger partial charge >= 0.3 is 0 Å². The maximum atomic E-state index is 5.73. The monoisotopic (exact) mass is 269 g/mol. The summed E-state index contributed by atoms with van der Waals surface area (Å²) in [6, 6.07) is 12.3. The number of para-hydroxylation sites is 1. The molecule has 0 atom stereocenters. The first-order valence-corrected chi connectivity index (χ1v) is 6.93. The third kappa shape index (κ3) is 2.44. The van der Waals surface area contributed by atoms with Gasteiger partial charge < -0.3 is 14.8 Å². The van der Waals surface area contributed by atoms with Crippen LogP contribution in [-0.2, 0) is 6.54 Å². The molecule has 2 aromatic rings. The molecule has 3 heteroatoms. The highest BCUT2D eigenvalue weighted by Crippen LogP contribution is 2.34. The van der Waals surface area contributed by atoms with Gasteiger partial charge in [-0.2, -0.15) is 0 Å². The molecule has 1 aliphatic rings. The van der Waals surface area contributed by atoms with Crippen molar-refractivity contribution in [2.45, 2.75) is 20.4 Å². The zero-order valence-electron chi connectivity index (χ0n) is 11.9. The Labute approximate surface area is 119 Å². The van der Waals surface area contributed by atoms with Gasteiger partial charge in [0, 0.05) is 17.8 Å². The number of ether oxygens (including phenoxy) is 2. The summed E-state index contributed by atoms with van der Waals surface area (Å²) in [7, 11) is 0. The highest BCUT2D eigenvalue weighted by atomic mass is 16.6. The minimum absolute atomic E-state index is 0.619. The van der Waals surface area contributed by atoms with Crippen LogP contribution in [0.4, 0.5) is 5.69 Å². The molecule has 3 rings (SSSR count). The molecule has 0 unspecified atom stereocenters. The van der Waals surface area contributed by atoms with Crippen molar-refractivity contribution in [3.63, 3.8) is 0 Å². The standard InChI is InChI=1S/C17H19NO2/c1-12-5-3-7-15(13(12)2)18-11-14-6-4-8-16-17(14)20-10-9-19-16/h3-8,18H,9-11H2,1-2H3. The maximum absolute atomic E-state index is 5.73. The van der Waals surface area contributed by atoms with E-state index in [1.54, 1.807) is 0 Å². The summed E-state index contributed by atoms with van der Waals surface area (Å²) in [5.74, 6) is 1.72. The second-order valence-electron chi connectivity index (χ2n) is 5.04. The molecule has 0 saturated carbocycles. The maximum Gasteiger partial charge on any atom is 0.166 e. The number of nitrogens with one attached hydrogen (secondary N) is 1. The molecular formula is C17H19NO2. The van der Waals surface area contributed by atoms with E-state index < -0.39 is 0 Å². The molecule has 1 N–H and O–H groups in total. The first kappa shape index (κ1) is 12.9. The highest BCUT2D eigenvalue weighted by molar-refractivity contribution is 5.55. The summed E-state index contributed by atoms with van der Waals surface area (Å²) in [5, 5.41) is 3.48. The van der Waals surface area contributed by atoms with Gasteiger partial charge in [0.05, 0.1) is 0 Å². The quantitative estimate of drug-likeness (QED) is 0.922. The Balaban J connectivity index is 1.80. The van der Waals surface area contributed by atoms with Gasteiger partial charge in [0.2, 0.25) is 0 Å². The highest BCUT2D eigenvalue weighted by Gasteiger charge is 2.15. The number of hydrogen-bond donors (Lipinski definition) is 1. The summed E-state index contributed by atoms with van der Waals surface area (Å²) in [4.78, 5) is 0. The average Bonchev–Trinajstić information content (AvgIpc) is 2.49. The summed E-state index contributed by atoms with van der Waals surface area (Å²) < 4.78 is 11.3. The summed E-state index contributed by atoms with van der Waals surface area (Å²) in [5.41, 5.74) is 4.88. The van der Waals surface area contributed by atoms with Crippen molar-refractivity contribution in [2.75, 3.05) is 18.5 Å². The second-order valence-corrected chi connectivity index (χ2v) is 5.04. The van der Waals surface area contributed by atoms with Crippen LogP contribution in [0.15, 0.2) is 36.4 Å². The lowest BCUT2D eigenvalue weighted by Crippen LogP contribution is -2.17. The Bertz CT molecular complexity index is 622. The first-order valence-electron chi connectivity index (χ1n) is 6.93. The van der Waals surface area contributed by atoms with Crippen molar-refractivity contribution in [1.29, 1.82) is 0 Å². The summed E-state index contributed by atoms with van der Waals surface area (Å²) >= 11 is 0. The van der Waals surface area contributed by atoms with Gasteiger partial charge in [-0.25, -0.2) is 0 Å². The van der Waals surface area contributed by atoms with E-state index in [2.05, 4.69) is 43.4 Å². The van der Waals surface area contributed by atoms with E-state index in [0.717, 1.165) is 23.6 Å². The molecule has 1 heterocycles. The molecule has 0 spiro atoms. The topological polar surface area (TPSA) is 30.5 Å². The summed E-state index contributed by atoms with van der Waals surface area (Å²) in [6.45, 7) is 6.24. The van der Waals surface area contributed by atoms with Gasteiger partial charge in [0.25, 0.3) is 0 Å². The number of rotatable bonds is 3. The van der Waals surface area contributed by atoms with Gasteiger partial charge in [-0.15, -0.1) is 0 Å². The van der Waals surface area contributed by atoms with Crippen LogP contribution in [0.2, 0.25) is 0 Å². The Morgan fingerprint density at radius 2 is 1.80 bits per heavy atom. The number of benzene rings is 2. The van der Waals surface area contributed by atoms with Crippen LogP contribution in [-0.4, -0.2) is 13.2 Å². The molecule has 1 aliphatic heterocycles. The fourth-order valence-electron chi connectivity index (χ4n) is 2.41. The molecule has 20 heavy (non-hydrogen) atoms. The predicted octanol–water partition coefficient (Wildman–Crippen LogP) is 3.69. The van der Waals surface area contributed by atoms with Crippen molar-refractivity contribution >= 4 is 5.69 Å². The second kappa shape index (κ2) is 5.45. The molecule has 3 nitrogen and oxygen atoms in total. The van der Waals surface area contributed by atoms with Gasteiger partial charge in [-0.05, 0) is 37.1 Å². The van der Waals surface area contributed by atoms with Crippen LogP contribution in [0.5, 0.6) is 11.5 Å². The van der Waals surface area contributed by atoms with Gasteiger partial charge in [0.1, 0.15) is 13.2 Å². The van der Waals surface area contributed by atoms with E-state index in [1.165, 1.54) is 16.8 Å². The van der Waals surface area contributed by atoms with Crippen molar-refractivity contribution in [3.05, 3.63) is 53.1 Å². The van der Waals surface area contributed by atoms with Crippen LogP contribution >= 0.6 is 0 Å². The van der Waals surface area contributed by atoms with Crippen molar-refractivity contribution in [2.24, 2.45) is 0 Å². The number of anilines is 1. The lowest BCUT2D eigenvalue weighted by Gasteiger charge is -2.21. The fraction of sp³-hybridized carbons (Fsp3) is 0.294. The third-order valence-electron chi connectivity index (χ3n) is 3.72. The summed E-state index contributed by atoms with van der Waals surface area (Å²) in [6.07, 6.45) is 0. The molecule has 104 valence electrons. The van der Waals surface area contributed by atoms with Crippen LogP contribution in [0, 0.1) is 13.8 Å². The zero-order valence-corrected chi connectivity index (χ0v) is 11.9. The predicted molar refractivity (Wildman–Crippen MR) is 80.7 cm³/mol. The first-order chi connectivity index (χ1) is 9.75. The third-order valence-corrected chi connectivity index (χ3v) is 3.72. The van der Waals surface area contributed by atoms with Gasteiger partial charge in [0.15, 0.2) is 11.5 Å². The lowest BCUT2D eigenvalue weighted by molar-refractivity contribution is 0.170. The Morgan fingerprint density at radius 3 is 2.70 bits per heavy atom. The largest absolute Gasteiger partial charge is 0.486 e. The fourth-order valence-corrected chi connectivity index (χ4v) is 2.41. The molecule has 0 aliphatic carbocycles. The molecule has 0 fully saturated rings. The van der Waals surface area contributed by atoms with E-state index >= 15 is 0 Å². The Morgan fingerprint density at radius 1 is 1.00 bits per heavy atom. The van der Waals surface area contributed by atoms with E-state index in [9.17, 15) is 0 Å². The zero-order chi connectivity index (χ0) is 13.9. The average molecular weight is 269 g/mol. The number of fused-ring (bicyclic) bond motifs is 1. The normalized spacial score (nSPS) is 13.1. The van der Waals surface area contributed by atoms with Gasteiger partial charge in [-0.1, -0.05) is 24.3 Å². The lowest BCUT2D eigenvalue weighted by atomic mass is 10.1. The van der Waals surface area contributed by atoms with E-state index in [4.69, 9.17) is 9.47 Å². The number of aryl methyl sites for hydroxylation is 1. The molecule has 0 bridgehead atoms. The minimum atomic E-state index is 0.619. The molecule has 0 saturated heterocycles. The smallest absolute Gasteiger partial charge is 0.166 e. The van der Waals surface area contributed by atoms with Crippen LogP contribution in [0.3, 0.4) is 0 Å². The van der Waals surface area contributed by atoms with Crippen molar-refractivity contribution in [1.82, 2.24) is 0 Å². The van der Waals surface area contributed by atoms with Crippen LogP contribution in [0.1, 0.15) is 16.7 Å². The molecule has 0 amide bonds. The number of hydrogen-bond acceptors (Lipinski definition) is 3. The SMILES string of the molecule is Cc1cccc(NCc2cccc3c2OCCO3)c1C. The van der Waals surface area contributed by atoms with Crippen LogP contribution in [0.25, 0.3) is 0 Å².